The number of anilines is 3. The standard InChI is InChI=1S/C20H20ClN5/c21-15-9-3-4-10-16(15)24-19-13-18(17-11-5-6-12-22-17)25-20(26-19)23-14-7-1-2-8-14/h3-6,9-14H,1-2,7-8H2,(H2,23,24,25,26). The molecular weight excluding hydrogens is 346 g/mol. The molecule has 5 nitrogen and oxygen atoms in total. The third kappa shape index (κ3) is 3.94. The number of nitrogens with zero attached hydrogens (tertiary/aromatic N) is 3. The third-order valence-electron chi connectivity index (χ3n) is 4.48. The zero-order valence-electron chi connectivity index (χ0n) is 14.3. The Balaban J connectivity index is 1.68. The van der Waals surface area contributed by atoms with Crippen molar-refractivity contribution in [1.82, 2.24) is 15.0 Å². The van der Waals surface area contributed by atoms with Gasteiger partial charge in [-0.05, 0) is 37.1 Å². The van der Waals surface area contributed by atoms with Crippen LogP contribution in [0.2, 0.25) is 5.02 Å². The van der Waals surface area contributed by atoms with E-state index < -0.39 is 0 Å². The summed E-state index contributed by atoms with van der Waals surface area (Å²) in [6.45, 7) is 0. The van der Waals surface area contributed by atoms with Crippen molar-refractivity contribution in [3.63, 3.8) is 0 Å². The second-order valence-electron chi connectivity index (χ2n) is 6.41. The molecule has 0 aliphatic heterocycles. The Hall–Kier alpha value is -2.66. The van der Waals surface area contributed by atoms with Gasteiger partial charge in [-0.1, -0.05) is 42.6 Å². The lowest BCUT2D eigenvalue weighted by Gasteiger charge is -2.15. The van der Waals surface area contributed by atoms with Crippen molar-refractivity contribution in [2.45, 2.75) is 31.7 Å². The number of halogens is 1. The second kappa shape index (κ2) is 7.70. The molecule has 0 amide bonds. The molecule has 2 heterocycles. The van der Waals surface area contributed by atoms with Crippen molar-refractivity contribution in [3.8, 4) is 11.4 Å². The molecule has 1 fully saturated rings. The molecule has 2 aromatic heterocycles. The molecule has 0 atom stereocenters. The minimum atomic E-state index is 0.433. The van der Waals surface area contributed by atoms with Gasteiger partial charge in [0.05, 0.1) is 22.1 Å². The summed E-state index contributed by atoms with van der Waals surface area (Å²) in [7, 11) is 0. The van der Waals surface area contributed by atoms with E-state index in [-0.39, 0.29) is 0 Å². The molecule has 1 aromatic carbocycles. The Morgan fingerprint density at radius 1 is 0.923 bits per heavy atom. The van der Waals surface area contributed by atoms with E-state index in [0.29, 0.717) is 22.8 Å². The van der Waals surface area contributed by atoms with Gasteiger partial charge in [0.2, 0.25) is 5.95 Å². The van der Waals surface area contributed by atoms with Crippen LogP contribution >= 0.6 is 11.6 Å². The van der Waals surface area contributed by atoms with E-state index in [0.717, 1.165) is 29.9 Å². The molecule has 3 aromatic rings. The lowest BCUT2D eigenvalue weighted by Crippen LogP contribution is -2.17. The number of hydrogen-bond donors (Lipinski definition) is 2. The molecule has 2 N–H and O–H groups in total. The number of para-hydroxylation sites is 1. The average molecular weight is 366 g/mol. The molecule has 0 radical (unpaired) electrons. The van der Waals surface area contributed by atoms with Crippen LogP contribution in [-0.2, 0) is 0 Å². The van der Waals surface area contributed by atoms with Gasteiger partial charge in [-0.2, -0.15) is 4.98 Å². The molecule has 0 bridgehead atoms. The normalized spacial score (nSPS) is 14.3. The highest BCUT2D eigenvalue weighted by molar-refractivity contribution is 6.33. The highest BCUT2D eigenvalue weighted by Crippen LogP contribution is 2.28. The maximum Gasteiger partial charge on any atom is 0.225 e. The summed E-state index contributed by atoms with van der Waals surface area (Å²) < 4.78 is 0. The van der Waals surface area contributed by atoms with Gasteiger partial charge in [0.1, 0.15) is 5.82 Å². The van der Waals surface area contributed by atoms with Crippen LogP contribution in [0.3, 0.4) is 0 Å². The predicted octanol–water partition coefficient (Wildman–Crippen LogP) is 5.29. The third-order valence-corrected chi connectivity index (χ3v) is 4.81. The fraction of sp³-hybridized carbons (Fsp3) is 0.250. The van der Waals surface area contributed by atoms with E-state index in [1.54, 1.807) is 6.20 Å². The van der Waals surface area contributed by atoms with Crippen LogP contribution in [-0.4, -0.2) is 21.0 Å². The van der Waals surface area contributed by atoms with E-state index in [9.17, 15) is 0 Å². The number of hydrogen-bond acceptors (Lipinski definition) is 5. The minimum absolute atomic E-state index is 0.433. The summed E-state index contributed by atoms with van der Waals surface area (Å²) in [5, 5.41) is 7.41. The van der Waals surface area contributed by atoms with Crippen LogP contribution in [0.1, 0.15) is 25.7 Å². The SMILES string of the molecule is Clc1ccccc1Nc1cc(-c2ccccn2)nc(NC2CCCC2)n1. The Morgan fingerprint density at radius 3 is 2.50 bits per heavy atom. The molecule has 26 heavy (non-hydrogen) atoms. The van der Waals surface area contributed by atoms with Crippen molar-refractivity contribution in [1.29, 1.82) is 0 Å². The van der Waals surface area contributed by atoms with E-state index in [2.05, 4.69) is 25.6 Å². The molecular formula is C20H20ClN5. The number of benzene rings is 1. The average Bonchev–Trinajstić information content (AvgIpc) is 3.17. The highest BCUT2D eigenvalue weighted by Gasteiger charge is 2.17. The molecule has 0 spiro atoms. The first kappa shape index (κ1) is 16.8. The summed E-state index contributed by atoms with van der Waals surface area (Å²) in [6.07, 6.45) is 6.59. The summed E-state index contributed by atoms with van der Waals surface area (Å²) in [5.41, 5.74) is 2.40. The number of nitrogens with one attached hydrogen (secondary N) is 2. The lowest BCUT2D eigenvalue weighted by molar-refractivity contribution is 0.744. The molecule has 0 unspecified atom stereocenters. The summed E-state index contributed by atoms with van der Waals surface area (Å²) in [5.74, 6) is 1.31. The lowest BCUT2D eigenvalue weighted by atomic mass is 10.2. The largest absolute Gasteiger partial charge is 0.351 e. The smallest absolute Gasteiger partial charge is 0.225 e. The Bertz CT molecular complexity index is 878. The van der Waals surface area contributed by atoms with Gasteiger partial charge >= 0.3 is 0 Å². The van der Waals surface area contributed by atoms with Crippen LogP contribution in [0.4, 0.5) is 17.5 Å². The van der Waals surface area contributed by atoms with Gasteiger partial charge < -0.3 is 10.6 Å². The van der Waals surface area contributed by atoms with E-state index in [4.69, 9.17) is 11.6 Å². The molecule has 1 aliphatic rings. The fourth-order valence-corrected chi connectivity index (χ4v) is 3.36. The zero-order chi connectivity index (χ0) is 17.8. The molecule has 4 rings (SSSR count). The van der Waals surface area contributed by atoms with Crippen molar-refractivity contribution in [3.05, 3.63) is 59.8 Å². The quantitative estimate of drug-likeness (QED) is 0.643. The van der Waals surface area contributed by atoms with Crippen LogP contribution in [0.25, 0.3) is 11.4 Å². The van der Waals surface area contributed by atoms with Gasteiger partial charge in [-0.3, -0.25) is 4.98 Å². The highest BCUT2D eigenvalue weighted by atomic mass is 35.5. The van der Waals surface area contributed by atoms with Crippen LogP contribution in [0.15, 0.2) is 54.7 Å². The maximum atomic E-state index is 6.27. The van der Waals surface area contributed by atoms with Gasteiger partial charge in [0, 0.05) is 18.3 Å². The van der Waals surface area contributed by atoms with Crippen molar-refractivity contribution in [2.75, 3.05) is 10.6 Å². The number of aromatic nitrogens is 3. The predicted molar refractivity (Wildman–Crippen MR) is 106 cm³/mol. The van der Waals surface area contributed by atoms with E-state index in [1.165, 1.54) is 12.8 Å². The first-order valence-electron chi connectivity index (χ1n) is 8.86. The zero-order valence-corrected chi connectivity index (χ0v) is 15.1. The van der Waals surface area contributed by atoms with Gasteiger partial charge in [-0.25, -0.2) is 4.98 Å². The van der Waals surface area contributed by atoms with Crippen LogP contribution in [0.5, 0.6) is 0 Å². The molecule has 1 saturated carbocycles. The molecule has 6 heteroatoms. The van der Waals surface area contributed by atoms with Crippen LogP contribution < -0.4 is 10.6 Å². The maximum absolute atomic E-state index is 6.27. The van der Waals surface area contributed by atoms with Gasteiger partial charge in [0.15, 0.2) is 0 Å². The molecule has 1 aliphatic carbocycles. The van der Waals surface area contributed by atoms with Crippen molar-refractivity contribution in [2.24, 2.45) is 0 Å². The fourth-order valence-electron chi connectivity index (χ4n) is 3.17. The number of rotatable bonds is 5. The minimum Gasteiger partial charge on any atom is -0.351 e. The topological polar surface area (TPSA) is 62.7 Å². The van der Waals surface area contributed by atoms with Crippen molar-refractivity contribution < 1.29 is 0 Å². The Morgan fingerprint density at radius 2 is 1.73 bits per heavy atom. The molecule has 132 valence electrons. The summed E-state index contributed by atoms with van der Waals surface area (Å²) >= 11 is 6.27. The Labute approximate surface area is 157 Å². The number of pyridine rings is 1. The van der Waals surface area contributed by atoms with Gasteiger partial charge in [0.25, 0.3) is 0 Å². The molecule has 0 saturated heterocycles. The van der Waals surface area contributed by atoms with E-state index in [1.807, 2.05) is 48.5 Å². The monoisotopic (exact) mass is 365 g/mol. The second-order valence-corrected chi connectivity index (χ2v) is 6.81. The Kier molecular flexibility index (Phi) is 4.97. The van der Waals surface area contributed by atoms with Crippen LogP contribution in [0, 0.1) is 0 Å². The first-order valence-corrected chi connectivity index (χ1v) is 9.24. The summed E-state index contributed by atoms with van der Waals surface area (Å²) in [6, 6.07) is 15.7. The van der Waals surface area contributed by atoms with Gasteiger partial charge in [-0.15, -0.1) is 0 Å². The van der Waals surface area contributed by atoms with Crippen molar-refractivity contribution >= 4 is 29.1 Å². The van der Waals surface area contributed by atoms with E-state index >= 15 is 0 Å². The first-order chi connectivity index (χ1) is 12.8. The summed E-state index contributed by atoms with van der Waals surface area (Å²) in [4.78, 5) is 13.7.